The topological polar surface area (TPSA) is 113 Å². The molecule has 0 amide bonds. The summed E-state index contributed by atoms with van der Waals surface area (Å²) in [6.07, 6.45) is 1.79. The first-order valence-corrected chi connectivity index (χ1v) is 5.55. The number of rotatable bonds is 2. The number of aromatic nitrogens is 4. The van der Waals surface area contributed by atoms with Gasteiger partial charge >= 0.3 is 5.69 Å². The van der Waals surface area contributed by atoms with Crippen molar-refractivity contribution in [3.8, 4) is 11.5 Å². The minimum Gasteiger partial charge on any atom is -0.394 e. The Labute approximate surface area is 101 Å². The summed E-state index contributed by atoms with van der Waals surface area (Å²) in [6.45, 7) is -0.233. The molecule has 0 saturated carbocycles. The highest BCUT2D eigenvalue weighted by Gasteiger charge is 2.34. The van der Waals surface area contributed by atoms with Crippen molar-refractivity contribution in [3.05, 3.63) is 23.0 Å². The average Bonchev–Trinajstić information content (AvgIpc) is 2.89. The first kappa shape index (κ1) is 11.3. The molecule has 3 rings (SSSR count). The molecule has 3 heterocycles. The fourth-order valence-corrected chi connectivity index (χ4v) is 2.07. The van der Waals surface area contributed by atoms with Crippen LogP contribution < -0.4 is 5.69 Å². The van der Waals surface area contributed by atoms with Gasteiger partial charge < -0.3 is 24.5 Å². The van der Waals surface area contributed by atoms with E-state index in [4.69, 9.17) is 9.84 Å². The Kier molecular flexibility index (Phi) is 2.62. The maximum absolute atomic E-state index is 11.1. The van der Waals surface area contributed by atoms with E-state index in [2.05, 4.69) is 15.0 Å². The second-order valence-electron chi connectivity index (χ2n) is 4.21. The van der Waals surface area contributed by atoms with Gasteiger partial charge in [-0.25, -0.2) is 9.78 Å². The molecule has 8 heteroatoms. The lowest BCUT2D eigenvalue weighted by atomic mass is 10.2. The summed E-state index contributed by atoms with van der Waals surface area (Å²) in [4.78, 5) is 21.3. The highest BCUT2D eigenvalue weighted by Crippen LogP contribution is 2.29. The zero-order chi connectivity index (χ0) is 12.7. The maximum Gasteiger partial charge on any atom is 0.347 e. The van der Waals surface area contributed by atoms with Crippen LogP contribution in [-0.2, 0) is 4.74 Å². The van der Waals surface area contributed by atoms with Gasteiger partial charge in [-0.2, -0.15) is 4.98 Å². The third-order valence-corrected chi connectivity index (χ3v) is 3.00. The van der Waals surface area contributed by atoms with Crippen LogP contribution in [0.2, 0.25) is 0 Å². The number of fused-ring (bicyclic) bond motifs is 1. The number of ether oxygens (including phenoxy) is 1. The molecule has 0 spiro atoms. The number of imidazole rings is 1. The lowest BCUT2D eigenvalue weighted by molar-refractivity contribution is -0.0448. The number of aliphatic hydroxyl groups is 2. The van der Waals surface area contributed by atoms with E-state index >= 15 is 0 Å². The van der Waals surface area contributed by atoms with Crippen LogP contribution in [0.1, 0.15) is 12.6 Å². The fraction of sp³-hybridized carbons (Fsp3) is 0.500. The van der Waals surface area contributed by atoms with Crippen molar-refractivity contribution in [1.82, 2.24) is 19.5 Å². The van der Waals surface area contributed by atoms with Crippen molar-refractivity contribution < 1.29 is 14.9 Å². The number of nitrogens with one attached hydrogen (secondary N) is 1. The third-order valence-electron chi connectivity index (χ3n) is 3.00. The van der Waals surface area contributed by atoms with Crippen LogP contribution in [0.25, 0.3) is 11.5 Å². The van der Waals surface area contributed by atoms with Crippen LogP contribution in [-0.4, -0.2) is 48.5 Å². The highest BCUT2D eigenvalue weighted by molar-refractivity contribution is 5.47. The summed E-state index contributed by atoms with van der Waals surface area (Å²) in [5.41, 5.74) is 0.0592. The summed E-state index contributed by atoms with van der Waals surface area (Å²) in [6, 6.07) is 0. The number of hydrogen-bond acceptors (Lipinski definition) is 6. The number of hydrogen-bond donors (Lipinski definition) is 3. The van der Waals surface area contributed by atoms with Crippen molar-refractivity contribution in [2.45, 2.75) is 24.9 Å². The summed E-state index contributed by atoms with van der Waals surface area (Å²) in [5.74, 6) is 0.341. The van der Waals surface area contributed by atoms with Gasteiger partial charge in [-0.15, -0.1) is 0 Å². The Hall–Kier alpha value is -1.77. The van der Waals surface area contributed by atoms with E-state index in [1.807, 2.05) is 0 Å². The quantitative estimate of drug-likeness (QED) is 0.613. The maximum atomic E-state index is 11.1. The average molecular weight is 252 g/mol. The number of aliphatic hydroxyl groups excluding tert-OH is 2. The molecule has 18 heavy (non-hydrogen) atoms. The molecule has 3 aliphatic rings. The molecular formula is C10H12N4O4. The standard InChI is InChI=1S/C10H12N4O4/c15-3-7-6(16)1-8(18-7)14-2-5-9(11-4-14)13-10(17)12-5/h2,4,6-8,15-16H,1,3H2,(H,12,17)/t6-,7+,8?/m0/s1. The predicted octanol–water partition coefficient (Wildman–Crippen LogP) is -1.29. The first-order chi connectivity index (χ1) is 8.67. The second-order valence-corrected chi connectivity index (χ2v) is 4.21. The Morgan fingerprint density at radius 2 is 2.44 bits per heavy atom. The van der Waals surface area contributed by atoms with Crippen LogP contribution >= 0.6 is 0 Å². The molecule has 0 bridgehead atoms. The van der Waals surface area contributed by atoms with Gasteiger partial charge in [0.2, 0.25) is 0 Å². The van der Waals surface area contributed by atoms with E-state index in [1.54, 1.807) is 10.8 Å². The Balaban J connectivity index is 1.91. The van der Waals surface area contributed by atoms with E-state index < -0.39 is 24.1 Å². The summed E-state index contributed by atoms with van der Waals surface area (Å²) >= 11 is 0. The van der Waals surface area contributed by atoms with Gasteiger partial charge in [0.15, 0.2) is 5.82 Å². The van der Waals surface area contributed by atoms with Gasteiger partial charge in [-0.05, 0) is 0 Å². The first-order valence-electron chi connectivity index (χ1n) is 5.55. The number of aromatic amines is 1. The van der Waals surface area contributed by atoms with Crippen molar-refractivity contribution in [2.75, 3.05) is 6.61 Å². The van der Waals surface area contributed by atoms with Crippen molar-refractivity contribution in [2.24, 2.45) is 0 Å². The van der Waals surface area contributed by atoms with Gasteiger partial charge in [-0.1, -0.05) is 0 Å². The zero-order valence-corrected chi connectivity index (χ0v) is 9.35. The van der Waals surface area contributed by atoms with Crippen molar-refractivity contribution in [1.29, 1.82) is 0 Å². The van der Waals surface area contributed by atoms with Crippen LogP contribution in [0.5, 0.6) is 0 Å². The molecule has 3 aliphatic heterocycles. The van der Waals surface area contributed by atoms with Gasteiger partial charge in [-0.3, -0.25) is 0 Å². The molecule has 96 valence electrons. The molecule has 1 fully saturated rings. The minimum absolute atomic E-state index is 0.233. The Bertz CT molecular complexity index is 580. The molecule has 0 aliphatic carbocycles. The number of H-pyrrole nitrogens is 1. The summed E-state index contributed by atoms with van der Waals surface area (Å²) in [5, 5.41) is 18.7. The van der Waals surface area contributed by atoms with E-state index in [0.717, 1.165) is 0 Å². The minimum atomic E-state index is -0.708. The molecule has 3 N–H and O–H groups in total. The Morgan fingerprint density at radius 1 is 1.61 bits per heavy atom. The van der Waals surface area contributed by atoms with Crippen molar-refractivity contribution >= 4 is 0 Å². The SMILES string of the molecule is O=c1nc2ncn(C3C[C@H](O)[C@@H](CO)O3)cc-2[nH]1. The lowest BCUT2D eigenvalue weighted by Gasteiger charge is -2.15. The smallest absolute Gasteiger partial charge is 0.347 e. The fourth-order valence-electron chi connectivity index (χ4n) is 2.07. The number of nitrogens with zero attached hydrogens (tertiary/aromatic N) is 3. The van der Waals surface area contributed by atoms with Crippen molar-refractivity contribution in [3.63, 3.8) is 0 Å². The van der Waals surface area contributed by atoms with Gasteiger partial charge in [0.1, 0.15) is 18.0 Å². The van der Waals surface area contributed by atoms with E-state index in [-0.39, 0.29) is 6.61 Å². The lowest BCUT2D eigenvalue weighted by Crippen LogP contribution is -2.24. The van der Waals surface area contributed by atoms with E-state index in [1.165, 1.54) is 6.33 Å². The normalized spacial score (nSPS) is 28.0. The Morgan fingerprint density at radius 3 is 3.17 bits per heavy atom. The second kappa shape index (κ2) is 4.16. The zero-order valence-electron chi connectivity index (χ0n) is 9.35. The van der Waals surface area contributed by atoms with Crippen LogP contribution in [0.3, 0.4) is 0 Å². The molecule has 0 radical (unpaired) electrons. The molecule has 3 atom stereocenters. The molecular weight excluding hydrogens is 240 g/mol. The molecule has 0 aromatic rings. The summed E-state index contributed by atoms with van der Waals surface area (Å²) in [7, 11) is 0. The van der Waals surface area contributed by atoms with Crippen LogP contribution in [0.15, 0.2) is 17.3 Å². The molecule has 0 aromatic heterocycles. The molecule has 0 aromatic carbocycles. The van der Waals surface area contributed by atoms with Crippen LogP contribution in [0, 0.1) is 0 Å². The third kappa shape index (κ3) is 1.80. The van der Waals surface area contributed by atoms with Gasteiger partial charge in [0, 0.05) is 12.6 Å². The van der Waals surface area contributed by atoms with Gasteiger partial charge in [0.25, 0.3) is 0 Å². The highest BCUT2D eigenvalue weighted by atomic mass is 16.5. The molecule has 1 saturated heterocycles. The predicted molar refractivity (Wildman–Crippen MR) is 58.9 cm³/mol. The van der Waals surface area contributed by atoms with Gasteiger partial charge in [0.05, 0.1) is 19.0 Å². The molecule has 8 nitrogen and oxygen atoms in total. The monoisotopic (exact) mass is 252 g/mol. The van der Waals surface area contributed by atoms with E-state index in [0.29, 0.717) is 17.9 Å². The molecule has 1 unspecified atom stereocenters. The largest absolute Gasteiger partial charge is 0.394 e. The van der Waals surface area contributed by atoms with E-state index in [9.17, 15) is 9.90 Å². The summed E-state index contributed by atoms with van der Waals surface area (Å²) < 4.78 is 7.11. The van der Waals surface area contributed by atoms with Crippen LogP contribution in [0.4, 0.5) is 0 Å².